The van der Waals surface area contributed by atoms with Gasteiger partial charge in [0.25, 0.3) is 0 Å². The van der Waals surface area contributed by atoms with E-state index in [2.05, 4.69) is 10.2 Å². The van der Waals surface area contributed by atoms with Crippen LogP contribution in [0.1, 0.15) is 35.3 Å². The average molecular weight is 375 g/mol. The zero-order valence-corrected chi connectivity index (χ0v) is 15.4. The standard InChI is InChI=1S/C17H17N3O3S2/c1-3-13-19-20-17(25-13)14-15(22)12(24-16(14)18)8-9-5-6-10(21)11(7-9)23-4-2/h5-8,14,18,21H,3-4H2,1-2H3/b12-8-,18-16?/t14-/m1/s1. The molecule has 1 aliphatic heterocycles. The molecule has 0 amide bonds. The van der Waals surface area contributed by atoms with Crippen molar-refractivity contribution in [3.63, 3.8) is 0 Å². The van der Waals surface area contributed by atoms with Gasteiger partial charge in [0.05, 0.1) is 16.6 Å². The summed E-state index contributed by atoms with van der Waals surface area (Å²) < 4.78 is 5.37. The van der Waals surface area contributed by atoms with Crippen molar-refractivity contribution in [3.8, 4) is 11.5 Å². The van der Waals surface area contributed by atoms with Crippen molar-refractivity contribution >= 4 is 40.0 Å². The van der Waals surface area contributed by atoms with Crippen molar-refractivity contribution in [2.75, 3.05) is 6.61 Å². The molecule has 0 spiro atoms. The number of thioether (sulfide) groups is 1. The zero-order valence-electron chi connectivity index (χ0n) is 13.8. The highest BCUT2D eigenvalue weighted by molar-refractivity contribution is 8.19. The van der Waals surface area contributed by atoms with Crippen molar-refractivity contribution < 1.29 is 14.6 Å². The van der Waals surface area contributed by atoms with E-state index in [0.717, 1.165) is 28.8 Å². The summed E-state index contributed by atoms with van der Waals surface area (Å²) in [7, 11) is 0. The van der Waals surface area contributed by atoms with Gasteiger partial charge in [-0.3, -0.25) is 10.2 Å². The fourth-order valence-electron chi connectivity index (χ4n) is 2.38. The molecule has 0 bridgehead atoms. The maximum atomic E-state index is 12.7. The number of phenolic OH excluding ortho intramolecular Hbond substituents is 1. The Kier molecular flexibility index (Phi) is 5.19. The number of benzene rings is 1. The third kappa shape index (κ3) is 3.59. The Labute approximate surface area is 153 Å². The molecule has 0 aliphatic carbocycles. The molecule has 0 radical (unpaired) electrons. The van der Waals surface area contributed by atoms with Crippen LogP contribution in [0.2, 0.25) is 0 Å². The van der Waals surface area contributed by atoms with Gasteiger partial charge in [-0.1, -0.05) is 24.8 Å². The second kappa shape index (κ2) is 7.37. The molecule has 1 aliphatic rings. The Hall–Kier alpha value is -2.19. The lowest BCUT2D eigenvalue weighted by molar-refractivity contribution is -0.114. The molecule has 130 valence electrons. The molecule has 25 heavy (non-hydrogen) atoms. The summed E-state index contributed by atoms with van der Waals surface area (Å²) in [5.41, 5.74) is 0.733. The van der Waals surface area contributed by atoms with E-state index in [9.17, 15) is 9.90 Å². The molecule has 3 rings (SSSR count). The molecule has 6 nitrogen and oxygen atoms in total. The Morgan fingerprint density at radius 2 is 2.16 bits per heavy atom. The number of carbonyl (C=O) groups is 1. The highest BCUT2D eigenvalue weighted by Gasteiger charge is 2.39. The molecule has 2 heterocycles. The van der Waals surface area contributed by atoms with E-state index < -0.39 is 5.92 Å². The Morgan fingerprint density at radius 3 is 2.84 bits per heavy atom. The largest absolute Gasteiger partial charge is 0.504 e. The molecular weight excluding hydrogens is 358 g/mol. The SMILES string of the molecule is CCOc1cc(/C=C2\SC(=N)[C@H](c3nnc(CC)s3)C2=O)ccc1O. The van der Waals surface area contributed by atoms with Crippen LogP contribution >= 0.6 is 23.1 Å². The second-order valence-corrected chi connectivity index (χ2v) is 7.50. The van der Waals surface area contributed by atoms with Crippen LogP contribution in [0.4, 0.5) is 0 Å². The number of allylic oxidation sites excluding steroid dienone is 1. The van der Waals surface area contributed by atoms with Crippen molar-refractivity contribution in [1.82, 2.24) is 10.2 Å². The molecule has 0 saturated carbocycles. The Morgan fingerprint density at radius 1 is 1.36 bits per heavy atom. The predicted molar refractivity (Wildman–Crippen MR) is 99.6 cm³/mol. The third-order valence-corrected chi connectivity index (χ3v) is 5.73. The summed E-state index contributed by atoms with van der Waals surface area (Å²) in [4.78, 5) is 13.2. The highest BCUT2D eigenvalue weighted by atomic mass is 32.2. The predicted octanol–water partition coefficient (Wildman–Crippen LogP) is 3.62. The fraction of sp³-hybridized carbons (Fsp3) is 0.294. The van der Waals surface area contributed by atoms with Gasteiger partial charge in [-0.2, -0.15) is 0 Å². The van der Waals surface area contributed by atoms with Gasteiger partial charge in [0, 0.05) is 0 Å². The average Bonchev–Trinajstić information content (AvgIpc) is 3.15. The minimum absolute atomic E-state index is 0.0565. The van der Waals surface area contributed by atoms with Gasteiger partial charge < -0.3 is 9.84 Å². The molecule has 1 atom stereocenters. The van der Waals surface area contributed by atoms with E-state index in [4.69, 9.17) is 10.1 Å². The van der Waals surface area contributed by atoms with E-state index in [1.165, 1.54) is 17.4 Å². The van der Waals surface area contributed by atoms with Crippen LogP contribution in [0.5, 0.6) is 11.5 Å². The number of ketones is 1. The maximum absolute atomic E-state index is 12.7. The van der Waals surface area contributed by atoms with Crippen molar-refractivity contribution in [2.45, 2.75) is 26.2 Å². The number of hydrogen-bond donors (Lipinski definition) is 2. The molecular formula is C17H17N3O3S2. The number of carbonyl (C=O) groups excluding carboxylic acids is 1. The van der Waals surface area contributed by atoms with Crippen molar-refractivity contribution in [1.29, 1.82) is 5.41 Å². The number of aromatic hydroxyl groups is 1. The number of aryl methyl sites for hydroxylation is 1. The summed E-state index contributed by atoms with van der Waals surface area (Å²) in [5.74, 6) is -0.367. The molecule has 1 aromatic heterocycles. The van der Waals surface area contributed by atoms with Crippen LogP contribution in [-0.2, 0) is 11.2 Å². The highest BCUT2D eigenvalue weighted by Crippen LogP contribution is 2.42. The normalized spacial score (nSPS) is 19.0. The molecule has 1 saturated heterocycles. The number of rotatable bonds is 5. The minimum atomic E-state index is -0.655. The summed E-state index contributed by atoms with van der Waals surface area (Å²) in [6, 6.07) is 4.91. The van der Waals surface area contributed by atoms with E-state index >= 15 is 0 Å². The van der Waals surface area contributed by atoms with E-state index in [0.29, 0.717) is 22.3 Å². The number of aromatic nitrogens is 2. The van der Waals surface area contributed by atoms with Crippen LogP contribution in [0, 0.1) is 5.41 Å². The first-order valence-corrected chi connectivity index (χ1v) is 9.47. The van der Waals surface area contributed by atoms with Crippen LogP contribution in [0.25, 0.3) is 6.08 Å². The zero-order chi connectivity index (χ0) is 18.0. The first-order valence-electron chi connectivity index (χ1n) is 7.83. The number of hydrogen-bond acceptors (Lipinski definition) is 8. The minimum Gasteiger partial charge on any atom is -0.504 e. The summed E-state index contributed by atoms with van der Waals surface area (Å²) in [5, 5.41) is 27.7. The first kappa shape index (κ1) is 17.6. The number of phenols is 1. The van der Waals surface area contributed by atoms with Gasteiger partial charge in [0.15, 0.2) is 17.3 Å². The van der Waals surface area contributed by atoms with Crippen LogP contribution < -0.4 is 4.74 Å². The smallest absolute Gasteiger partial charge is 0.186 e. The lowest BCUT2D eigenvalue weighted by atomic mass is 10.1. The molecule has 0 unspecified atom stereocenters. The van der Waals surface area contributed by atoms with Crippen molar-refractivity contribution in [2.24, 2.45) is 0 Å². The fourth-order valence-corrected chi connectivity index (χ4v) is 4.34. The molecule has 1 aromatic carbocycles. The van der Waals surface area contributed by atoms with E-state index in [1.54, 1.807) is 18.2 Å². The number of ether oxygens (including phenoxy) is 1. The Balaban J connectivity index is 1.89. The second-order valence-electron chi connectivity index (χ2n) is 5.32. The first-order chi connectivity index (χ1) is 12.0. The third-order valence-electron chi connectivity index (χ3n) is 3.60. The van der Waals surface area contributed by atoms with Gasteiger partial charge in [-0.15, -0.1) is 21.5 Å². The quantitative estimate of drug-likeness (QED) is 0.775. The van der Waals surface area contributed by atoms with Crippen LogP contribution in [0.3, 0.4) is 0 Å². The van der Waals surface area contributed by atoms with Gasteiger partial charge in [0.2, 0.25) is 0 Å². The van der Waals surface area contributed by atoms with Crippen molar-refractivity contribution in [3.05, 3.63) is 38.7 Å². The topological polar surface area (TPSA) is 96.2 Å². The summed E-state index contributed by atoms with van der Waals surface area (Å²) in [6.07, 6.45) is 2.47. The number of nitrogens with zero attached hydrogens (tertiary/aromatic N) is 2. The maximum Gasteiger partial charge on any atom is 0.186 e. The van der Waals surface area contributed by atoms with Gasteiger partial charge >= 0.3 is 0 Å². The molecule has 2 N–H and O–H groups in total. The summed E-state index contributed by atoms with van der Waals surface area (Å²) in [6.45, 7) is 4.25. The van der Waals surface area contributed by atoms with E-state index in [-0.39, 0.29) is 16.6 Å². The molecule has 2 aromatic rings. The molecule has 8 heteroatoms. The lowest BCUT2D eigenvalue weighted by Gasteiger charge is -2.06. The summed E-state index contributed by atoms with van der Waals surface area (Å²) >= 11 is 2.52. The number of nitrogens with one attached hydrogen (secondary N) is 1. The number of Topliss-reactive ketones (excluding diaryl/α,β-unsaturated/α-hetero) is 1. The van der Waals surface area contributed by atoms with E-state index in [1.807, 2.05) is 13.8 Å². The van der Waals surface area contributed by atoms with Crippen LogP contribution in [0.15, 0.2) is 23.1 Å². The van der Waals surface area contributed by atoms with Gasteiger partial charge in [-0.25, -0.2) is 0 Å². The van der Waals surface area contributed by atoms with Crippen LogP contribution in [-0.4, -0.2) is 32.7 Å². The molecule has 1 fully saturated rings. The van der Waals surface area contributed by atoms with Gasteiger partial charge in [0.1, 0.15) is 15.9 Å². The van der Waals surface area contributed by atoms with Gasteiger partial charge in [-0.05, 0) is 37.1 Å². The monoisotopic (exact) mass is 375 g/mol. The lowest BCUT2D eigenvalue weighted by Crippen LogP contribution is -2.11. The Bertz CT molecular complexity index is 861.